The maximum Gasteiger partial charge on any atom is 0.238 e. The molecule has 3 aromatic carbocycles. The van der Waals surface area contributed by atoms with Gasteiger partial charge < -0.3 is 0 Å². The number of imidazole rings is 1. The number of hydrogen-bond acceptors (Lipinski definition) is 3. The van der Waals surface area contributed by atoms with Gasteiger partial charge in [-0.25, -0.2) is 18.5 Å². The van der Waals surface area contributed by atoms with Crippen LogP contribution in [0.15, 0.2) is 83.8 Å². The number of para-hydroxylation sites is 3. The zero-order valence-electron chi connectivity index (χ0n) is 13.2. The van der Waals surface area contributed by atoms with Crippen LogP contribution in [0.5, 0.6) is 0 Å². The van der Waals surface area contributed by atoms with Gasteiger partial charge in [-0.1, -0.05) is 30.3 Å². The summed E-state index contributed by atoms with van der Waals surface area (Å²) in [5.74, 6) is 0.744. The third-order valence-electron chi connectivity index (χ3n) is 4.02. The molecule has 0 radical (unpaired) electrons. The SMILES string of the molecule is NS(=O)(=O)c1ccc(-c2nc3ccccc3n2-c2ccccc2)cc1. The Morgan fingerprint density at radius 2 is 1.44 bits per heavy atom. The molecule has 0 saturated heterocycles. The molecule has 1 heterocycles. The van der Waals surface area contributed by atoms with E-state index < -0.39 is 10.0 Å². The molecule has 25 heavy (non-hydrogen) atoms. The Morgan fingerprint density at radius 3 is 2.12 bits per heavy atom. The second kappa shape index (κ2) is 5.84. The fourth-order valence-corrected chi connectivity index (χ4v) is 3.37. The van der Waals surface area contributed by atoms with Crippen LogP contribution in [0.1, 0.15) is 0 Å². The van der Waals surface area contributed by atoms with Gasteiger partial charge >= 0.3 is 0 Å². The zero-order valence-corrected chi connectivity index (χ0v) is 14.0. The minimum absolute atomic E-state index is 0.0821. The zero-order chi connectivity index (χ0) is 17.4. The summed E-state index contributed by atoms with van der Waals surface area (Å²) >= 11 is 0. The minimum Gasteiger partial charge on any atom is -0.292 e. The van der Waals surface area contributed by atoms with Crippen molar-refractivity contribution in [2.45, 2.75) is 4.90 Å². The monoisotopic (exact) mass is 349 g/mol. The Kier molecular flexibility index (Phi) is 3.63. The molecule has 2 N–H and O–H groups in total. The molecule has 0 aliphatic carbocycles. The quantitative estimate of drug-likeness (QED) is 0.616. The van der Waals surface area contributed by atoms with Crippen LogP contribution in [-0.4, -0.2) is 18.0 Å². The number of rotatable bonds is 3. The molecule has 4 rings (SSSR count). The Bertz CT molecular complexity index is 1150. The summed E-state index contributed by atoms with van der Waals surface area (Å²) < 4.78 is 25.0. The van der Waals surface area contributed by atoms with E-state index in [-0.39, 0.29) is 4.90 Å². The molecule has 0 aliphatic rings. The number of sulfonamides is 1. The van der Waals surface area contributed by atoms with Gasteiger partial charge in [0.05, 0.1) is 15.9 Å². The van der Waals surface area contributed by atoms with Crippen molar-refractivity contribution in [3.8, 4) is 17.1 Å². The van der Waals surface area contributed by atoms with Crippen molar-refractivity contribution in [3.63, 3.8) is 0 Å². The Balaban J connectivity index is 1.96. The molecule has 0 amide bonds. The topological polar surface area (TPSA) is 78.0 Å². The number of nitrogens with two attached hydrogens (primary N) is 1. The van der Waals surface area contributed by atoms with E-state index in [1.807, 2.05) is 54.6 Å². The van der Waals surface area contributed by atoms with Gasteiger partial charge in [-0.15, -0.1) is 0 Å². The molecular formula is C19H15N3O2S. The third-order valence-corrected chi connectivity index (χ3v) is 4.95. The molecule has 0 bridgehead atoms. The fraction of sp³-hybridized carbons (Fsp3) is 0. The van der Waals surface area contributed by atoms with Gasteiger partial charge in [0.15, 0.2) is 0 Å². The standard InChI is InChI=1S/C19H15N3O2S/c20-25(23,24)16-12-10-14(11-13-16)19-21-17-8-4-5-9-18(17)22(19)15-6-2-1-3-7-15/h1-13H,(H2,20,23,24). The molecule has 0 spiro atoms. The lowest BCUT2D eigenvalue weighted by Crippen LogP contribution is -2.11. The lowest BCUT2D eigenvalue weighted by Gasteiger charge is -2.09. The van der Waals surface area contributed by atoms with E-state index >= 15 is 0 Å². The maximum absolute atomic E-state index is 11.5. The summed E-state index contributed by atoms with van der Waals surface area (Å²) in [6.45, 7) is 0. The van der Waals surface area contributed by atoms with Gasteiger partial charge in [-0.05, 0) is 48.5 Å². The predicted octanol–water partition coefficient (Wildman–Crippen LogP) is 3.34. The van der Waals surface area contributed by atoms with Gasteiger partial charge in [-0.2, -0.15) is 0 Å². The third kappa shape index (κ3) is 2.82. The van der Waals surface area contributed by atoms with Crippen molar-refractivity contribution in [2.75, 3.05) is 0 Å². The maximum atomic E-state index is 11.5. The number of benzene rings is 3. The highest BCUT2D eigenvalue weighted by molar-refractivity contribution is 7.89. The normalized spacial score (nSPS) is 11.7. The minimum atomic E-state index is -3.72. The molecule has 124 valence electrons. The summed E-state index contributed by atoms with van der Waals surface area (Å²) in [6, 6.07) is 24.2. The number of fused-ring (bicyclic) bond motifs is 1. The van der Waals surface area contributed by atoms with Crippen molar-refractivity contribution in [2.24, 2.45) is 5.14 Å². The number of primary sulfonamides is 1. The van der Waals surface area contributed by atoms with Crippen molar-refractivity contribution < 1.29 is 8.42 Å². The van der Waals surface area contributed by atoms with Crippen LogP contribution < -0.4 is 5.14 Å². The summed E-state index contributed by atoms with van der Waals surface area (Å²) in [6.07, 6.45) is 0. The van der Waals surface area contributed by atoms with Crippen molar-refractivity contribution >= 4 is 21.1 Å². The van der Waals surface area contributed by atoms with Gasteiger partial charge in [0.1, 0.15) is 5.82 Å². The lowest BCUT2D eigenvalue weighted by atomic mass is 10.2. The van der Waals surface area contributed by atoms with E-state index in [1.165, 1.54) is 12.1 Å². The molecule has 4 aromatic rings. The van der Waals surface area contributed by atoms with Crippen LogP contribution >= 0.6 is 0 Å². The first-order valence-corrected chi connectivity index (χ1v) is 9.25. The summed E-state index contributed by atoms with van der Waals surface area (Å²) in [5.41, 5.74) is 3.66. The van der Waals surface area contributed by atoms with Crippen LogP contribution in [0.25, 0.3) is 28.1 Å². The van der Waals surface area contributed by atoms with Crippen LogP contribution in [0.3, 0.4) is 0 Å². The molecule has 1 aromatic heterocycles. The van der Waals surface area contributed by atoms with Crippen molar-refractivity contribution in [1.29, 1.82) is 0 Å². The number of nitrogens with zero attached hydrogens (tertiary/aromatic N) is 2. The van der Waals surface area contributed by atoms with E-state index in [0.717, 1.165) is 28.1 Å². The largest absolute Gasteiger partial charge is 0.292 e. The summed E-state index contributed by atoms with van der Waals surface area (Å²) in [5, 5.41) is 5.18. The molecule has 0 unspecified atom stereocenters. The van der Waals surface area contributed by atoms with Gasteiger partial charge in [-0.3, -0.25) is 4.57 Å². The first kappa shape index (κ1) is 15.6. The Labute approximate surface area is 145 Å². The number of aromatic nitrogens is 2. The molecule has 5 nitrogen and oxygen atoms in total. The first-order valence-electron chi connectivity index (χ1n) is 7.70. The average molecular weight is 349 g/mol. The van der Waals surface area contributed by atoms with E-state index in [4.69, 9.17) is 10.1 Å². The molecule has 0 atom stereocenters. The first-order chi connectivity index (χ1) is 12.0. The van der Waals surface area contributed by atoms with Crippen LogP contribution in [0.4, 0.5) is 0 Å². The second-order valence-corrected chi connectivity index (χ2v) is 7.23. The van der Waals surface area contributed by atoms with E-state index in [9.17, 15) is 8.42 Å². The molecule has 6 heteroatoms. The Morgan fingerprint density at radius 1 is 0.800 bits per heavy atom. The average Bonchev–Trinajstić information content (AvgIpc) is 3.01. The van der Waals surface area contributed by atoms with Gasteiger partial charge in [0.25, 0.3) is 0 Å². The van der Waals surface area contributed by atoms with E-state index in [1.54, 1.807) is 12.1 Å². The molecule has 0 fully saturated rings. The molecule has 0 saturated carbocycles. The highest BCUT2D eigenvalue weighted by atomic mass is 32.2. The second-order valence-electron chi connectivity index (χ2n) is 5.66. The number of hydrogen-bond donors (Lipinski definition) is 1. The van der Waals surface area contributed by atoms with Crippen LogP contribution in [0, 0.1) is 0 Å². The highest BCUT2D eigenvalue weighted by Gasteiger charge is 2.15. The highest BCUT2D eigenvalue weighted by Crippen LogP contribution is 2.29. The van der Waals surface area contributed by atoms with Crippen molar-refractivity contribution in [1.82, 2.24) is 9.55 Å². The van der Waals surface area contributed by atoms with E-state index in [0.29, 0.717) is 0 Å². The summed E-state index contributed by atoms with van der Waals surface area (Å²) in [7, 11) is -3.72. The molecule has 0 aliphatic heterocycles. The summed E-state index contributed by atoms with van der Waals surface area (Å²) in [4.78, 5) is 4.82. The smallest absolute Gasteiger partial charge is 0.238 e. The van der Waals surface area contributed by atoms with Gasteiger partial charge in [0, 0.05) is 11.3 Å². The van der Waals surface area contributed by atoms with Crippen LogP contribution in [-0.2, 0) is 10.0 Å². The Hall–Kier alpha value is -2.96. The predicted molar refractivity (Wildman–Crippen MR) is 97.9 cm³/mol. The van der Waals surface area contributed by atoms with Crippen LogP contribution in [0.2, 0.25) is 0 Å². The van der Waals surface area contributed by atoms with Gasteiger partial charge in [0.2, 0.25) is 10.0 Å². The fourth-order valence-electron chi connectivity index (χ4n) is 2.85. The lowest BCUT2D eigenvalue weighted by molar-refractivity contribution is 0.598. The molecular weight excluding hydrogens is 334 g/mol. The van der Waals surface area contributed by atoms with Crippen molar-refractivity contribution in [3.05, 3.63) is 78.9 Å². The van der Waals surface area contributed by atoms with E-state index in [2.05, 4.69) is 4.57 Å².